The van der Waals surface area contributed by atoms with Gasteiger partial charge in [0.15, 0.2) is 5.75 Å². The van der Waals surface area contributed by atoms with Crippen molar-refractivity contribution in [1.29, 1.82) is 0 Å². The Morgan fingerprint density at radius 1 is 1.15 bits per heavy atom. The number of aromatic nitrogens is 1. The second-order valence-corrected chi connectivity index (χ2v) is 11.3. The van der Waals surface area contributed by atoms with Crippen LogP contribution in [0.4, 0.5) is 15.8 Å². The zero-order valence-electron chi connectivity index (χ0n) is 21.6. The van der Waals surface area contributed by atoms with Crippen molar-refractivity contribution >= 4 is 38.2 Å². The molecule has 0 atom stereocenters. The fraction of sp³-hybridized carbons (Fsp3) is 0.214. The van der Waals surface area contributed by atoms with Crippen LogP contribution in [0, 0.1) is 5.82 Å². The zero-order chi connectivity index (χ0) is 27.9. The first kappa shape index (κ1) is 26.2. The average molecular weight is 551 g/mol. The Balaban J connectivity index is 1.64. The standard InChI is InChI=1S/C28H27FN4O5S/c1-32(39(3,35)36)26-21-5-4-12-31-25(21)27(38-16-17-6-10-20(37-2)11-7-17)24-22(26)15-33(28(24)34)14-18-8-9-19(29)13-23(18)30/h4-13H,14-16,30H2,1-3H3. The lowest BCUT2D eigenvalue weighted by molar-refractivity contribution is 0.0763. The van der Waals surface area contributed by atoms with Gasteiger partial charge in [0.1, 0.15) is 23.7 Å². The van der Waals surface area contributed by atoms with E-state index in [-0.39, 0.29) is 42.6 Å². The van der Waals surface area contributed by atoms with E-state index in [4.69, 9.17) is 15.2 Å². The van der Waals surface area contributed by atoms with E-state index in [1.807, 2.05) is 24.3 Å². The van der Waals surface area contributed by atoms with Crippen LogP contribution in [0.2, 0.25) is 0 Å². The maximum absolute atomic E-state index is 13.9. The van der Waals surface area contributed by atoms with Crippen molar-refractivity contribution in [2.45, 2.75) is 19.7 Å². The first-order valence-corrected chi connectivity index (χ1v) is 13.9. The lowest BCUT2D eigenvalue weighted by Crippen LogP contribution is -2.26. The summed E-state index contributed by atoms with van der Waals surface area (Å²) >= 11 is 0. The number of carbonyl (C=O) groups excluding carboxylic acids is 1. The second-order valence-electron chi connectivity index (χ2n) is 9.30. The molecule has 9 nitrogen and oxygen atoms in total. The molecule has 0 spiro atoms. The van der Waals surface area contributed by atoms with Crippen molar-refractivity contribution in [1.82, 2.24) is 9.88 Å². The summed E-state index contributed by atoms with van der Waals surface area (Å²) in [5, 5.41) is 0.532. The van der Waals surface area contributed by atoms with Crippen molar-refractivity contribution in [2.75, 3.05) is 30.5 Å². The van der Waals surface area contributed by atoms with Crippen LogP contribution in [0.3, 0.4) is 0 Å². The molecule has 0 unspecified atom stereocenters. The molecule has 0 aliphatic carbocycles. The molecule has 1 aliphatic heterocycles. The van der Waals surface area contributed by atoms with Gasteiger partial charge < -0.3 is 20.1 Å². The number of rotatable bonds is 8. The molecule has 0 fully saturated rings. The molecule has 202 valence electrons. The number of amides is 1. The number of sulfonamides is 1. The summed E-state index contributed by atoms with van der Waals surface area (Å²) in [6.07, 6.45) is 2.67. The van der Waals surface area contributed by atoms with E-state index in [9.17, 15) is 17.6 Å². The number of pyridine rings is 1. The van der Waals surface area contributed by atoms with Crippen LogP contribution in [0.15, 0.2) is 60.8 Å². The highest BCUT2D eigenvalue weighted by Gasteiger charge is 2.38. The first-order valence-electron chi connectivity index (χ1n) is 12.0. The van der Waals surface area contributed by atoms with Crippen molar-refractivity contribution < 1.29 is 27.1 Å². The lowest BCUT2D eigenvalue weighted by atomic mass is 10.0. The van der Waals surface area contributed by atoms with Gasteiger partial charge in [-0.15, -0.1) is 0 Å². The van der Waals surface area contributed by atoms with Crippen LogP contribution in [-0.4, -0.2) is 44.6 Å². The van der Waals surface area contributed by atoms with Gasteiger partial charge in [0.25, 0.3) is 5.91 Å². The largest absolute Gasteiger partial charge is 0.497 e. The minimum absolute atomic E-state index is 0.101. The minimum atomic E-state index is -3.69. The van der Waals surface area contributed by atoms with Gasteiger partial charge in [-0.1, -0.05) is 18.2 Å². The third kappa shape index (κ3) is 4.92. The second kappa shape index (κ2) is 10.1. The summed E-state index contributed by atoms with van der Waals surface area (Å²) in [5.41, 5.74) is 9.11. The fourth-order valence-electron chi connectivity index (χ4n) is 4.70. The molecule has 1 aliphatic rings. The van der Waals surface area contributed by atoms with Crippen LogP contribution in [0.1, 0.15) is 27.0 Å². The quantitative estimate of drug-likeness (QED) is 0.329. The number of carbonyl (C=O) groups is 1. The summed E-state index contributed by atoms with van der Waals surface area (Å²) in [6.45, 7) is 0.342. The fourth-order valence-corrected chi connectivity index (χ4v) is 5.24. The van der Waals surface area contributed by atoms with E-state index in [1.54, 1.807) is 25.4 Å². The van der Waals surface area contributed by atoms with Gasteiger partial charge in [0.05, 0.1) is 24.6 Å². The normalized spacial score (nSPS) is 13.0. The van der Waals surface area contributed by atoms with Crippen molar-refractivity contribution in [3.63, 3.8) is 0 Å². The molecule has 4 aromatic rings. The smallest absolute Gasteiger partial charge is 0.258 e. The molecule has 0 saturated heterocycles. The molecule has 2 N–H and O–H groups in total. The van der Waals surface area contributed by atoms with Gasteiger partial charge in [-0.25, -0.2) is 12.8 Å². The molecule has 0 bridgehead atoms. The van der Waals surface area contributed by atoms with E-state index in [2.05, 4.69) is 4.98 Å². The topological polar surface area (TPSA) is 115 Å². The predicted octanol–water partition coefficient (Wildman–Crippen LogP) is 4.10. The molecule has 1 aromatic heterocycles. The Bertz CT molecular complexity index is 1690. The van der Waals surface area contributed by atoms with E-state index in [0.717, 1.165) is 16.1 Å². The number of anilines is 2. The van der Waals surface area contributed by atoms with E-state index in [1.165, 1.54) is 30.1 Å². The third-order valence-corrected chi connectivity index (χ3v) is 7.94. The van der Waals surface area contributed by atoms with E-state index < -0.39 is 15.8 Å². The highest BCUT2D eigenvalue weighted by molar-refractivity contribution is 7.92. The average Bonchev–Trinajstić information content (AvgIpc) is 3.23. The van der Waals surface area contributed by atoms with Crippen molar-refractivity contribution in [3.8, 4) is 11.5 Å². The maximum atomic E-state index is 13.9. The highest BCUT2D eigenvalue weighted by atomic mass is 32.2. The Hall–Kier alpha value is -4.38. The molecule has 5 rings (SSSR count). The number of nitrogens with zero attached hydrogens (tertiary/aromatic N) is 3. The number of halogens is 1. The number of nitrogen functional groups attached to an aromatic ring is 1. The Labute approximate surface area is 225 Å². The van der Waals surface area contributed by atoms with Gasteiger partial charge in [0.2, 0.25) is 10.0 Å². The van der Waals surface area contributed by atoms with Gasteiger partial charge in [-0.3, -0.25) is 14.1 Å². The van der Waals surface area contributed by atoms with E-state index in [0.29, 0.717) is 33.5 Å². The summed E-state index contributed by atoms with van der Waals surface area (Å²) in [4.78, 5) is 19.9. The summed E-state index contributed by atoms with van der Waals surface area (Å²) < 4.78 is 51.6. The number of methoxy groups -OCH3 is 1. The lowest BCUT2D eigenvalue weighted by Gasteiger charge is -2.23. The Morgan fingerprint density at radius 3 is 2.56 bits per heavy atom. The molecular formula is C28H27FN4O5S. The monoisotopic (exact) mass is 550 g/mol. The molecule has 39 heavy (non-hydrogen) atoms. The van der Waals surface area contributed by atoms with Crippen molar-refractivity contribution in [3.05, 3.63) is 88.9 Å². The van der Waals surface area contributed by atoms with Crippen LogP contribution in [-0.2, 0) is 29.7 Å². The molecule has 11 heteroatoms. The van der Waals surface area contributed by atoms with E-state index >= 15 is 0 Å². The van der Waals surface area contributed by atoms with Crippen molar-refractivity contribution in [2.24, 2.45) is 0 Å². The third-order valence-electron chi connectivity index (χ3n) is 6.77. The SMILES string of the molecule is COc1ccc(COc2c3c(c(N(C)S(C)(=O)=O)c4cccnc24)CN(Cc2ccc(F)cc2N)C3=O)cc1. The van der Waals surface area contributed by atoms with Crippen LogP contribution >= 0.6 is 0 Å². The molecular weight excluding hydrogens is 523 g/mol. The summed E-state index contributed by atoms with van der Waals surface area (Å²) in [6, 6.07) is 14.8. The number of hydrogen-bond donors (Lipinski definition) is 1. The Morgan fingerprint density at radius 2 is 1.90 bits per heavy atom. The highest BCUT2D eigenvalue weighted by Crippen LogP contribution is 2.45. The molecule has 0 radical (unpaired) electrons. The van der Waals surface area contributed by atoms with Gasteiger partial charge in [0, 0.05) is 43.0 Å². The van der Waals surface area contributed by atoms with Gasteiger partial charge in [-0.2, -0.15) is 0 Å². The number of fused-ring (bicyclic) bond motifs is 2. The van der Waals surface area contributed by atoms with Gasteiger partial charge >= 0.3 is 0 Å². The number of benzene rings is 3. The predicted molar refractivity (Wildman–Crippen MR) is 147 cm³/mol. The maximum Gasteiger partial charge on any atom is 0.258 e. The molecule has 1 amide bonds. The summed E-state index contributed by atoms with van der Waals surface area (Å²) in [7, 11) is -0.661. The number of ether oxygens (including phenoxy) is 2. The number of hydrogen-bond acceptors (Lipinski definition) is 7. The molecule has 0 saturated carbocycles. The molecule has 3 aromatic carbocycles. The van der Waals surface area contributed by atoms with Crippen LogP contribution in [0.25, 0.3) is 10.9 Å². The molecule has 2 heterocycles. The van der Waals surface area contributed by atoms with Crippen LogP contribution in [0.5, 0.6) is 11.5 Å². The Kier molecular flexibility index (Phi) is 6.77. The minimum Gasteiger partial charge on any atom is -0.497 e. The zero-order valence-corrected chi connectivity index (χ0v) is 22.5. The number of nitrogens with two attached hydrogens (primary N) is 1. The first-order chi connectivity index (χ1) is 18.6. The van der Waals surface area contributed by atoms with Gasteiger partial charge in [-0.05, 0) is 47.5 Å². The summed E-state index contributed by atoms with van der Waals surface area (Å²) in [5.74, 6) is 0.123. The van der Waals surface area contributed by atoms with Crippen LogP contribution < -0.4 is 19.5 Å².